The Morgan fingerprint density at radius 1 is 1.08 bits per heavy atom. The zero-order valence-electron chi connectivity index (χ0n) is 14.1. The Balaban J connectivity index is 1.50. The van der Waals surface area contributed by atoms with E-state index in [2.05, 4.69) is 55.5 Å². The van der Waals surface area contributed by atoms with Crippen LogP contribution in [0.1, 0.15) is 36.8 Å². The molecule has 2 aromatic carbocycles. The molecule has 0 spiro atoms. The normalized spacial score (nSPS) is 19.2. The monoisotopic (exact) mass is 321 g/mol. The number of carbonyl (C=O) groups is 1. The maximum absolute atomic E-state index is 12.4. The zero-order chi connectivity index (χ0) is 16.5. The van der Waals surface area contributed by atoms with Crippen molar-refractivity contribution in [3.63, 3.8) is 0 Å². The van der Waals surface area contributed by atoms with E-state index in [1.807, 2.05) is 4.90 Å². The fourth-order valence-electron chi connectivity index (χ4n) is 4.02. The Morgan fingerprint density at radius 3 is 2.29 bits per heavy atom. The van der Waals surface area contributed by atoms with E-state index in [9.17, 15) is 4.79 Å². The second-order valence-electron chi connectivity index (χ2n) is 6.81. The number of rotatable bonds is 3. The molecule has 24 heavy (non-hydrogen) atoms. The number of likely N-dealkylation sites (tertiary alicyclic amines) is 1. The van der Waals surface area contributed by atoms with Crippen molar-refractivity contribution < 1.29 is 9.53 Å². The highest BCUT2D eigenvalue weighted by Gasteiger charge is 2.31. The minimum Gasteiger partial charge on any atom is -0.448 e. The minimum atomic E-state index is -0.159. The lowest BCUT2D eigenvalue weighted by Crippen LogP contribution is -2.30. The van der Waals surface area contributed by atoms with Gasteiger partial charge in [0.2, 0.25) is 0 Å². The molecule has 1 heterocycles. The largest absolute Gasteiger partial charge is 0.448 e. The lowest BCUT2D eigenvalue weighted by Gasteiger charge is -2.19. The first-order valence-corrected chi connectivity index (χ1v) is 8.88. The molecule has 2 aliphatic rings. The number of ether oxygens (including phenoxy) is 1. The van der Waals surface area contributed by atoms with Crippen LogP contribution >= 0.6 is 0 Å². The summed E-state index contributed by atoms with van der Waals surface area (Å²) in [5, 5.41) is 0. The van der Waals surface area contributed by atoms with Crippen molar-refractivity contribution in [2.75, 3.05) is 19.7 Å². The smallest absolute Gasteiger partial charge is 0.409 e. The zero-order valence-corrected chi connectivity index (χ0v) is 14.1. The maximum atomic E-state index is 12.4. The third kappa shape index (κ3) is 2.58. The first-order chi connectivity index (χ1) is 11.8. The van der Waals surface area contributed by atoms with E-state index in [1.165, 1.54) is 22.3 Å². The Kier molecular flexibility index (Phi) is 4.01. The molecule has 1 amide bonds. The summed E-state index contributed by atoms with van der Waals surface area (Å²) < 4.78 is 5.70. The molecule has 0 saturated carbocycles. The van der Waals surface area contributed by atoms with E-state index in [-0.39, 0.29) is 12.0 Å². The number of hydrogen-bond donors (Lipinski definition) is 0. The standard InChI is InChI=1S/C21H23NO2/c1-2-15-11-12-22(13-15)21(23)24-14-20-18-9-5-3-7-16(18)17-8-4-6-10-19(17)20/h3-10,15,20H,2,11-14H2,1H3/t15-/m1/s1. The SMILES string of the molecule is CC[C@@H]1CCN(C(=O)OCC2c3ccccc3-c3ccccc32)C1. The Hall–Kier alpha value is -2.29. The van der Waals surface area contributed by atoms with Gasteiger partial charge in [0.25, 0.3) is 0 Å². The molecule has 2 aromatic rings. The molecule has 3 heteroatoms. The molecular weight excluding hydrogens is 298 g/mol. The third-order valence-electron chi connectivity index (χ3n) is 5.46. The van der Waals surface area contributed by atoms with Crippen LogP contribution in [-0.2, 0) is 4.74 Å². The Bertz CT molecular complexity index is 710. The first kappa shape index (κ1) is 15.3. The topological polar surface area (TPSA) is 29.5 Å². The van der Waals surface area contributed by atoms with Crippen molar-refractivity contribution in [1.29, 1.82) is 0 Å². The van der Waals surface area contributed by atoms with Gasteiger partial charge in [-0.3, -0.25) is 0 Å². The van der Waals surface area contributed by atoms with Gasteiger partial charge in [0.05, 0.1) is 0 Å². The molecule has 3 nitrogen and oxygen atoms in total. The van der Waals surface area contributed by atoms with Crippen molar-refractivity contribution >= 4 is 6.09 Å². The van der Waals surface area contributed by atoms with Crippen molar-refractivity contribution in [2.24, 2.45) is 5.92 Å². The van der Waals surface area contributed by atoms with Gasteiger partial charge in [-0.25, -0.2) is 4.79 Å². The van der Waals surface area contributed by atoms with Crippen LogP contribution in [0.4, 0.5) is 4.79 Å². The van der Waals surface area contributed by atoms with Crippen molar-refractivity contribution in [3.8, 4) is 11.1 Å². The van der Waals surface area contributed by atoms with Crippen LogP contribution in [-0.4, -0.2) is 30.7 Å². The maximum Gasteiger partial charge on any atom is 0.409 e. The summed E-state index contributed by atoms with van der Waals surface area (Å²) in [6.07, 6.45) is 2.07. The highest BCUT2D eigenvalue weighted by Crippen LogP contribution is 2.44. The number of nitrogens with zero attached hydrogens (tertiary/aromatic N) is 1. The predicted octanol–water partition coefficient (Wildman–Crippen LogP) is 4.67. The lowest BCUT2D eigenvalue weighted by atomic mass is 9.98. The van der Waals surface area contributed by atoms with Gasteiger partial charge in [0.15, 0.2) is 0 Å². The van der Waals surface area contributed by atoms with Gasteiger partial charge < -0.3 is 9.64 Å². The molecule has 0 unspecified atom stereocenters. The van der Waals surface area contributed by atoms with E-state index in [0.29, 0.717) is 12.5 Å². The number of fused-ring (bicyclic) bond motifs is 3. The molecule has 0 bridgehead atoms. The van der Waals surface area contributed by atoms with Gasteiger partial charge in [-0.1, -0.05) is 61.9 Å². The summed E-state index contributed by atoms with van der Waals surface area (Å²) in [5.41, 5.74) is 5.06. The van der Waals surface area contributed by atoms with Crippen LogP contribution in [0.2, 0.25) is 0 Å². The van der Waals surface area contributed by atoms with Gasteiger partial charge in [-0.05, 0) is 34.6 Å². The van der Waals surface area contributed by atoms with E-state index in [1.54, 1.807) is 0 Å². The number of carbonyl (C=O) groups excluding carboxylic acids is 1. The molecule has 1 atom stereocenters. The van der Waals surface area contributed by atoms with E-state index in [4.69, 9.17) is 4.74 Å². The van der Waals surface area contributed by atoms with Gasteiger partial charge in [0, 0.05) is 19.0 Å². The highest BCUT2D eigenvalue weighted by molar-refractivity contribution is 5.79. The predicted molar refractivity (Wildman–Crippen MR) is 95.0 cm³/mol. The quantitative estimate of drug-likeness (QED) is 0.822. The van der Waals surface area contributed by atoms with Gasteiger partial charge >= 0.3 is 6.09 Å². The number of amides is 1. The summed E-state index contributed by atoms with van der Waals surface area (Å²) in [6.45, 7) is 4.27. The summed E-state index contributed by atoms with van der Waals surface area (Å²) in [4.78, 5) is 14.3. The van der Waals surface area contributed by atoms with E-state index < -0.39 is 0 Å². The average Bonchev–Trinajstić information content (AvgIpc) is 3.23. The number of hydrogen-bond acceptors (Lipinski definition) is 2. The van der Waals surface area contributed by atoms with Crippen LogP contribution in [0.3, 0.4) is 0 Å². The Morgan fingerprint density at radius 2 is 1.71 bits per heavy atom. The van der Waals surface area contributed by atoms with Gasteiger partial charge in [0.1, 0.15) is 6.61 Å². The molecule has 4 rings (SSSR count). The molecule has 0 radical (unpaired) electrons. The molecule has 0 aromatic heterocycles. The van der Waals surface area contributed by atoms with Crippen molar-refractivity contribution in [3.05, 3.63) is 59.7 Å². The summed E-state index contributed by atoms with van der Waals surface area (Å²) in [5.74, 6) is 0.774. The van der Waals surface area contributed by atoms with Gasteiger partial charge in [-0.15, -0.1) is 0 Å². The molecule has 0 N–H and O–H groups in total. The van der Waals surface area contributed by atoms with E-state index in [0.717, 1.165) is 25.9 Å². The molecule has 1 fully saturated rings. The van der Waals surface area contributed by atoms with Crippen LogP contribution in [0.15, 0.2) is 48.5 Å². The molecule has 1 aliphatic heterocycles. The summed E-state index contributed by atoms with van der Waals surface area (Å²) in [7, 11) is 0. The van der Waals surface area contributed by atoms with Crippen LogP contribution < -0.4 is 0 Å². The molecular formula is C21H23NO2. The second kappa shape index (κ2) is 6.31. The second-order valence-corrected chi connectivity index (χ2v) is 6.81. The van der Waals surface area contributed by atoms with Crippen LogP contribution in [0.25, 0.3) is 11.1 Å². The van der Waals surface area contributed by atoms with Crippen LogP contribution in [0, 0.1) is 5.92 Å². The summed E-state index contributed by atoms with van der Waals surface area (Å²) >= 11 is 0. The molecule has 124 valence electrons. The Labute approximate surface area is 143 Å². The highest BCUT2D eigenvalue weighted by atomic mass is 16.6. The molecule has 1 aliphatic carbocycles. The molecule has 1 saturated heterocycles. The first-order valence-electron chi connectivity index (χ1n) is 8.88. The van der Waals surface area contributed by atoms with E-state index >= 15 is 0 Å². The van der Waals surface area contributed by atoms with Crippen LogP contribution in [0.5, 0.6) is 0 Å². The van der Waals surface area contributed by atoms with Gasteiger partial charge in [-0.2, -0.15) is 0 Å². The number of benzene rings is 2. The fourth-order valence-corrected chi connectivity index (χ4v) is 4.02. The van der Waals surface area contributed by atoms with Crippen molar-refractivity contribution in [2.45, 2.75) is 25.7 Å². The fraction of sp³-hybridized carbons (Fsp3) is 0.381. The third-order valence-corrected chi connectivity index (χ3v) is 5.46. The van der Waals surface area contributed by atoms with Crippen molar-refractivity contribution in [1.82, 2.24) is 4.90 Å². The lowest BCUT2D eigenvalue weighted by molar-refractivity contribution is 0.106. The average molecular weight is 321 g/mol. The minimum absolute atomic E-state index is 0.144. The summed E-state index contributed by atoms with van der Waals surface area (Å²) in [6, 6.07) is 16.9.